The summed E-state index contributed by atoms with van der Waals surface area (Å²) < 4.78 is 10.3. The molecule has 0 aliphatic rings. The van der Waals surface area contributed by atoms with Crippen LogP contribution in [0.5, 0.6) is 0 Å². The van der Waals surface area contributed by atoms with Crippen molar-refractivity contribution in [3.05, 3.63) is 23.7 Å². The minimum absolute atomic E-state index is 0.0140. The van der Waals surface area contributed by atoms with Crippen LogP contribution in [-0.4, -0.2) is 46.0 Å². The normalized spacial score (nSPS) is 10.2. The molecule has 0 N–H and O–H groups in total. The van der Waals surface area contributed by atoms with E-state index in [9.17, 15) is 9.59 Å². The fourth-order valence-electron chi connectivity index (χ4n) is 1.35. The number of rotatable bonds is 2. The van der Waals surface area contributed by atoms with Gasteiger partial charge in [-0.15, -0.1) is 9.73 Å². The Balaban J connectivity index is 2.74. The Morgan fingerprint density at radius 1 is 1.18 bits per heavy atom. The largest absolute Gasteiger partial charge is 0.465 e. The maximum Gasteiger partial charge on any atom is 0.342 e. The standard InChI is InChI=1S/C9H8N4O4/c1-16-8(14)5-3-11-13-7(10-4-12-13)6(5)9(15)17-2/h3-4H,1-2H3. The van der Waals surface area contributed by atoms with Gasteiger partial charge < -0.3 is 9.47 Å². The van der Waals surface area contributed by atoms with E-state index in [-0.39, 0.29) is 16.8 Å². The third-order valence-electron chi connectivity index (χ3n) is 2.11. The van der Waals surface area contributed by atoms with Crippen LogP contribution in [-0.2, 0) is 9.47 Å². The van der Waals surface area contributed by atoms with E-state index in [1.807, 2.05) is 0 Å². The Morgan fingerprint density at radius 3 is 2.53 bits per heavy atom. The minimum atomic E-state index is -0.703. The molecule has 0 fully saturated rings. The molecule has 8 heteroatoms. The summed E-state index contributed by atoms with van der Waals surface area (Å²) in [7, 11) is 2.41. The Kier molecular flexibility index (Phi) is 2.69. The first-order valence-corrected chi connectivity index (χ1v) is 4.54. The fourth-order valence-corrected chi connectivity index (χ4v) is 1.35. The monoisotopic (exact) mass is 236 g/mol. The summed E-state index contributed by atoms with van der Waals surface area (Å²) in [4.78, 5) is 27.0. The van der Waals surface area contributed by atoms with Crippen LogP contribution in [0.1, 0.15) is 20.7 Å². The number of aromatic nitrogens is 4. The lowest BCUT2D eigenvalue weighted by molar-refractivity contribution is 0.0555. The first-order chi connectivity index (χ1) is 8.19. The van der Waals surface area contributed by atoms with E-state index in [0.29, 0.717) is 0 Å². The predicted octanol–water partition coefficient (Wildman–Crippen LogP) is -0.303. The van der Waals surface area contributed by atoms with E-state index in [4.69, 9.17) is 0 Å². The summed E-state index contributed by atoms with van der Waals surface area (Å²) in [5.74, 6) is -1.39. The van der Waals surface area contributed by atoms with Crippen LogP contribution < -0.4 is 0 Å². The van der Waals surface area contributed by atoms with Gasteiger partial charge in [-0.25, -0.2) is 14.6 Å². The van der Waals surface area contributed by atoms with Gasteiger partial charge in [0.05, 0.1) is 26.0 Å². The number of carbonyl (C=O) groups excluding carboxylic acids is 2. The second-order valence-corrected chi connectivity index (χ2v) is 2.99. The summed E-state index contributed by atoms with van der Waals surface area (Å²) in [6.45, 7) is 0. The summed E-state index contributed by atoms with van der Waals surface area (Å²) in [6, 6.07) is 0. The quantitative estimate of drug-likeness (QED) is 0.660. The minimum Gasteiger partial charge on any atom is -0.465 e. The Labute approximate surface area is 95.2 Å². The van der Waals surface area contributed by atoms with Gasteiger partial charge in [0.1, 0.15) is 11.9 Å². The molecule has 0 aliphatic carbocycles. The number of hydrogen-bond donors (Lipinski definition) is 0. The van der Waals surface area contributed by atoms with E-state index in [2.05, 4.69) is 24.7 Å². The lowest BCUT2D eigenvalue weighted by Gasteiger charge is -2.05. The SMILES string of the molecule is COC(=O)c1cnn2ncnc2c1C(=O)OC. The second kappa shape index (κ2) is 4.16. The number of nitrogens with zero attached hydrogens (tertiary/aromatic N) is 4. The molecule has 0 saturated carbocycles. The molecule has 2 heterocycles. The van der Waals surface area contributed by atoms with Gasteiger partial charge in [0, 0.05) is 0 Å². The summed E-state index contributed by atoms with van der Waals surface area (Å²) in [5.41, 5.74) is 0.103. The van der Waals surface area contributed by atoms with Crippen molar-refractivity contribution in [3.63, 3.8) is 0 Å². The molecule has 0 unspecified atom stereocenters. The highest BCUT2D eigenvalue weighted by Gasteiger charge is 2.24. The zero-order valence-corrected chi connectivity index (χ0v) is 9.08. The first kappa shape index (κ1) is 11.0. The lowest BCUT2D eigenvalue weighted by atomic mass is 10.1. The van der Waals surface area contributed by atoms with Crippen LogP contribution in [0.15, 0.2) is 12.5 Å². The van der Waals surface area contributed by atoms with Gasteiger partial charge in [-0.05, 0) is 0 Å². The number of fused-ring (bicyclic) bond motifs is 1. The number of carbonyl (C=O) groups is 2. The molecule has 0 saturated heterocycles. The molecule has 2 rings (SSSR count). The molecule has 17 heavy (non-hydrogen) atoms. The maximum absolute atomic E-state index is 11.6. The molecule has 2 aromatic heterocycles. The number of hydrogen-bond acceptors (Lipinski definition) is 7. The van der Waals surface area contributed by atoms with Crippen molar-refractivity contribution in [1.82, 2.24) is 19.8 Å². The summed E-state index contributed by atoms with van der Waals surface area (Å²) >= 11 is 0. The van der Waals surface area contributed by atoms with Crippen LogP contribution in [0.2, 0.25) is 0 Å². The second-order valence-electron chi connectivity index (χ2n) is 2.99. The van der Waals surface area contributed by atoms with Gasteiger partial charge in [0.2, 0.25) is 0 Å². The molecule has 0 amide bonds. The molecular weight excluding hydrogens is 228 g/mol. The molecule has 0 aromatic carbocycles. The average Bonchev–Trinajstić information content (AvgIpc) is 2.83. The van der Waals surface area contributed by atoms with E-state index in [1.165, 1.54) is 26.7 Å². The lowest BCUT2D eigenvalue weighted by Crippen LogP contribution is -2.15. The van der Waals surface area contributed by atoms with Crippen LogP contribution in [0.3, 0.4) is 0 Å². The Morgan fingerprint density at radius 2 is 1.88 bits per heavy atom. The maximum atomic E-state index is 11.6. The van der Waals surface area contributed by atoms with Crippen molar-refractivity contribution in [1.29, 1.82) is 0 Å². The van der Waals surface area contributed by atoms with Gasteiger partial charge in [0.15, 0.2) is 5.65 Å². The van der Waals surface area contributed by atoms with E-state index >= 15 is 0 Å². The van der Waals surface area contributed by atoms with Crippen molar-refractivity contribution in [2.75, 3.05) is 14.2 Å². The van der Waals surface area contributed by atoms with Gasteiger partial charge >= 0.3 is 11.9 Å². The highest BCUT2D eigenvalue weighted by Crippen LogP contribution is 2.14. The third kappa shape index (κ3) is 1.69. The molecular formula is C9H8N4O4. The fraction of sp³-hybridized carbons (Fsp3) is 0.222. The van der Waals surface area contributed by atoms with Crippen molar-refractivity contribution in [2.45, 2.75) is 0 Å². The van der Waals surface area contributed by atoms with Crippen LogP contribution in [0, 0.1) is 0 Å². The summed E-state index contributed by atoms with van der Waals surface area (Å²) in [6.07, 6.45) is 2.40. The molecule has 0 spiro atoms. The molecule has 0 aliphatic heterocycles. The van der Waals surface area contributed by atoms with Crippen LogP contribution >= 0.6 is 0 Å². The highest BCUT2D eigenvalue weighted by molar-refractivity contribution is 6.06. The molecule has 0 atom stereocenters. The first-order valence-electron chi connectivity index (χ1n) is 4.54. The predicted molar refractivity (Wildman–Crippen MR) is 53.5 cm³/mol. The highest BCUT2D eigenvalue weighted by atomic mass is 16.5. The number of methoxy groups -OCH3 is 2. The van der Waals surface area contributed by atoms with Crippen molar-refractivity contribution < 1.29 is 19.1 Å². The van der Waals surface area contributed by atoms with E-state index in [0.717, 1.165) is 4.63 Å². The van der Waals surface area contributed by atoms with Gasteiger partial charge in [-0.1, -0.05) is 0 Å². The van der Waals surface area contributed by atoms with Gasteiger partial charge in [-0.3, -0.25) is 0 Å². The Hall–Kier alpha value is -2.51. The van der Waals surface area contributed by atoms with Gasteiger partial charge in [-0.2, -0.15) is 5.10 Å². The molecule has 0 bridgehead atoms. The molecule has 8 nitrogen and oxygen atoms in total. The topological polar surface area (TPSA) is 95.7 Å². The zero-order valence-electron chi connectivity index (χ0n) is 9.08. The smallest absolute Gasteiger partial charge is 0.342 e. The molecule has 0 radical (unpaired) electrons. The molecule has 2 aromatic rings. The van der Waals surface area contributed by atoms with Gasteiger partial charge in [0.25, 0.3) is 0 Å². The number of esters is 2. The van der Waals surface area contributed by atoms with Crippen molar-refractivity contribution >= 4 is 17.6 Å². The Bertz CT molecular complexity index is 592. The summed E-state index contributed by atoms with van der Waals surface area (Å²) in [5, 5.41) is 7.58. The van der Waals surface area contributed by atoms with Crippen LogP contribution in [0.25, 0.3) is 5.65 Å². The molecule has 88 valence electrons. The van der Waals surface area contributed by atoms with Crippen molar-refractivity contribution in [2.24, 2.45) is 0 Å². The average molecular weight is 236 g/mol. The number of ether oxygens (including phenoxy) is 2. The van der Waals surface area contributed by atoms with E-state index in [1.54, 1.807) is 0 Å². The van der Waals surface area contributed by atoms with Crippen molar-refractivity contribution in [3.8, 4) is 0 Å². The van der Waals surface area contributed by atoms with Crippen LogP contribution in [0.4, 0.5) is 0 Å². The third-order valence-corrected chi connectivity index (χ3v) is 2.11. The van der Waals surface area contributed by atoms with E-state index < -0.39 is 11.9 Å². The zero-order chi connectivity index (χ0) is 12.4.